The Morgan fingerprint density at radius 3 is 2.64 bits per heavy atom. The summed E-state index contributed by atoms with van der Waals surface area (Å²) in [5, 5.41) is 24.9. The van der Waals surface area contributed by atoms with Crippen molar-refractivity contribution >= 4 is 23.2 Å². The van der Waals surface area contributed by atoms with E-state index in [0.717, 1.165) is 0 Å². The molecule has 0 aliphatic rings. The van der Waals surface area contributed by atoms with Crippen molar-refractivity contribution in [3.05, 3.63) is 104 Å². The van der Waals surface area contributed by atoms with Gasteiger partial charge in [0.05, 0.1) is 12.3 Å². The minimum atomic E-state index is -0.629. The Balaban J connectivity index is 2.06. The fourth-order valence-electron chi connectivity index (χ4n) is 3.53. The number of amides is 1. The summed E-state index contributed by atoms with van der Waals surface area (Å²) in [6.45, 7) is -0.0910. The molecule has 1 unspecified atom stereocenters. The van der Waals surface area contributed by atoms with Crippen molar-refractivity contribution in [3.63, 3.8) is 0 Å². The average Bonchev–Trinajstić information content (AvgIpc) is 2.81. The van der Waals surface area contributed by atoms with Gasteiger partial charge in [0.2, 0.25) is 5.56 Å². The standard InChI is InChI=1S/C24H23ClFN3O4/c1-29-14-17(5-8-23(29)31)22(28-33)13-20(19-7-6-18(25)12-21(19)26)15-3-2-4-16(11-15)24(32)27-9-10-30/h2-8,11-12,14,20,30,33H,9-10,13H2,1H3,(H,27,32)/b28-22-. The number of pyridine rings is 1. The molecule has 0 aliphatic heterocycles. The second kappa shape index (κ2) is 10.9. The number of benzene rings is 2. The third-order valence-corrected chi connectivity index (χ3v) is 5.46. The van der Waals surface area contributed by atoms with E-state index in [4.69, 9.17) is 16.7 Å². The summed E-state index contributed by atoms with van der Waals surface area (Å²) in [5.74, 6) is -1.55. The number of hydrogen-bond donors (Lipinski definition) is 3. The molecular formula is C24H23ClFN3O4. The molecule has 0 saturated heterocycles. The van der Waals surface area contributed by atoms with Gasteiger partial charge in [-0.15, -0.1) is 0 Å². The van der Waals surface area contributed by atoms with Crippen LogP contribution in [0.15, 0.2) is 70.7 Å². The monoisotopic (exact) mass is 471 g/mol. The van der Waals surface area contributed by atoms with Gasteiger partial charge in [-0.3, -0.25) is 9.59 Å². The van der Waals surface area contributed by atoms with Crippen LogP contribution in [0.1, 0.15) is 39.4 Å². The Bertz CT molecular complexity index is 1240. The second-order valence-electron chi connectivity index (χ2n) is 7.44. The molecule has 7 nitrogen and oxygen atoms in total. The lowest BCUT2D eigenvalue weighted by Crippen LogP contribution is -2.26. The van der Waals surface area contributed by atoms with Crippen LogP contribution in [-0.4, -0.2) is 39.7 Å². The van der Waals surface area contributed by atoms with Crippen LogP contribution in [0, 0.1) is 5.82 Å². The van der Waals surface area contributed by atoms with E-state index in [1.807, 2.05) is 0 Å². The summed E-state index contributed by atoms with van der Waals surface area (Å²) in [7, 11) is 1.58. The molecule has 1 atom stereocenters. The lowest BCUT2D eigenvalue weighted by Gasteiger charge is -2.20. The van der Waals surface area contributed by atoms with Crippen molar-refractivity contribution in [2.75, 3.05) is 13.2 Å². The van der Waals surface area contributed by atoms with Gasteiger partial charge < -0.3 is 20.2 Å². The van der Waals surface area contributed by atoms with Crippen molar-refractivity contribution < 1.29 is 19.5 Å². The molecule has 1 aromatic heterocycles. The first kappa shape index (κ1) is 24.2. The van der Waals surface area contributed by atoms with E-state index in [9.17, 15) is 19.2 Å². The maximum Gasteiger partial charge on any atom is 0.251 e. The largest absolute Gasteiger partial charge is 0.411 e. The number of aromatic nitrogens is 1. The van der Waals surface area contributed by atoms with Gasteiger partial charge >= 0.3 is 0 Å². The summed E-state index contributed by atoms with van der Waals surface area (Å²) in [4.78, 5) is 24.1. The molecule has 1 heterocycles. The molecule has 0 fully saturated rings. The van der Waals surface area contributed by atoms with Gasteiger partial charge in [-0.2, -0.15) is 0 Å². The average molecular weight is 472 g/mol. The number of nitrogens with one attached hydrogen (secondary N) is 1. The Hall–Kier alpha value is -3.49. The minimum Gasteiger partial charge on any atom is -0.411 e. The van der Waals surface area contributed by atoms with E-state index in [0.29, 0.717) is 22.3 Å². The van der Waals surface area contributed by atoms with Crippen LogP contribution >= 0.6 is 11.6 Å². The van der Waals surface area contributed by atoms with Crippen LogP contribution < -0.4 is 10.9 Å². The minimum absolute atomic E-state index is 0.0783. The Kier molecular flexibility index (Phi) is 7.97. The predicted molar refractivity (Wildman–Crippen MR) is 124 cm³/mol. The van der Waals surface area contributed by atoms with E-state index in [1.54, 1.807) is 43.4 Å². The molecule has 0 spiro atoms. The zero-order valence-electron chi connectivity index (χ0n) is 17.8. The molecule has 3 N–H and O–H groups in total. The topological polar surface area (TPSA) is 104 Å². The molecule has 0 bridgehead atoms. The van der Waals surface area contributed by atoms with Gasteiger partial charge in [-0.1, -0.05) is 35.0 Å². The summed E-state index contributed by atoms with van der Waals surface area (Å²) < 4.78 is 16.3. The molecule has 172 valence electrons. The number of nitrogens with zero attached hydrogens (tertiary/aromatic N) is 2. The highest BCUT2D eigenvalue weighted by atomic mass is 35.5. The number of rotatable bonds is 8. The molecule has 33 heavy (non-hydrogen) atoms. The van der Waals surface area contributed by atoms with Gasteiger partial charge in [0.15, 0.2) is 0 Å². The number of carbonyl (C=O) groups excluding carboxylic acids is 1. The van der Waals surface area contributed by atoms with Gasteiger partial charge in [0.25, 0.3) is 5.91 Å². The number of aryl methyl sites for hydroxylation is 1. The predicted octanol–water partition coefficient (Wildman–Crippen LogP) is 3.30. The van der Waals surface area contributed by atoms with Crippen molar-refractivity contribution in [2.24, 2.45) is 12.2 Å². The molecule has 0 aliphatic carbocycles. The molecule has 2 aromatic carbocycles. The highest BCUT2D eigenvalue weighted by Crippen LogP contribution is 2.33. The maximum absolute atomic E-state index is 14.9. The number of carbonyl (C=O) groups is 1. The summed E-state index contributed by atoms with van der Waals surface area (Å²) in [5.41, 5.74) is 1.76. The van der Waals surface area contributed by atoms with E-state index < -0.39 is 11.7 Å². The quantitative estimate of drug-likeness (QED) is 0.266. The molecule has 0 radical (unpaired) electrons. The fourth-order valence-corrected chi connectivity index (χ4v) is 3.69. The van der Waals surface area contributed by atoms with E-state index in [2.05, 4.69) is 10.5 Å². The normalized spacial score (nSPS) is 12.4. The highest BCUT2D eigenvalue weighted by Gasteiger charge is 2.23. The third-order valence-electron chi connectivity index (χ3n) is 5.22. The van der Waals surface area contributed by atoms with Crippen molar-refractivity contribution in [2.45, 2.75) is 12.3 Å². The number of halogens is 2. The highest BCUT2D eigenvalue weighted by molar-refractivity contribution is 6.30. The van der Waals surface area contributed by atoms with Crippen LogP contribution in [0.5, 0.6) is 0 Å². The van der Waals surface area contributed by atoms with Crippen molar-refractivity contribution in [1.82, 2.24) is 9.88 Å². The van der Waals surface area contributed by atoms with Crippen LogP contribution in [0.25, 0.3) is 0 Å². The van der Waals surface area contributed by atoms with Gasteiger partial charge in [0.1, 0.15) is 5.82 Å². The molecule has 9 heteroatoms. The summed E-state index contributed by atoms with van der Waals surface area (Å²) in [6, 6.07) is 13.9. The number of oxime groups is 1. The van der Waals surface area contributed by atoms with Crippen LogP contribution in [0.4, 0.5) is 4.39 Å². The Labute approximate surface area is 194 Å². The lowest BCUT2D eigenvalue weighted by atomic mass is 9.84. The lowest BCUT2D eigenvalue weighted by molar-refractivity contribution is 0.0944. The number of aliphatic hydroxyl groups is 1. The first-order valence-electron chi connectivity index (χ1n) is 10.2. The SMILES string of the molecule is Cn1cc(/C(CC(c2cccc(C(=O)NCCO)c2)c2ccc(Cl)cc2F)=N\O)ccc1=O. The Morgan fingerprint density at radius 1 is 1.18 bits per heavy atom. The summed E-state index contributed by atoms with van der Waals surface area (Å²) >= 11 is 5.93. The van der Waals surface area contributed by atoms with Gasteiger partial charge in [0, 0.05) is 54.3 Å². The van der Waals surface area contributed by atoms with Gasteiger partial charge in [-0.05, 0) is 41.5 Å². The van der Waals surface area contributed by atoms with Crippen LogP contribution in [-0.2, 0) is 7.05 Å². The first-order chi connectivity index (χ1) is 15.8. The van der Waals surface area contributed by atoms with Crippen LogP contribution in [0.3, 0.4) is 0 Å². The summed E-state index contributed by atoms with van der Waals surface area (Å²) in [6.07, 6.45) is 1.61. The molecule has 3 aromatic rings. The molecule has 3 rings (SSSR count). The molecule has 0 saturated carbocycles. The number of hydrogen-bond acceptors (Lipinski definition) is 5. The molecular weight excluding hydrogens is 449 g/mol. The fraction of sp³-hybridized carbons (Fsp3) is 0.208. The smallest absolute Gasteiger partial charge is 0.251 e. The van der Waals surface area contributed by atoms with E-state index >= 15 is 0 Å². The number of aliphatic hydroxyl groups excluding tert-OH is 1. The van der Waals surface area contributed by atoms with E-state index in [-0.39, 0.29) is 41.8 Å². The maximum atomic E-state index is 14.9. The van der Waals surface area contributed by atoms with Crippen molar-refractivity contribution in [3.8, 4) is 0 Å². The zero-order valence-corrected chi connectivity index (χ0v) is 18.6. The van der Waals surface area contributed by atoms with Gasteiger partial charge in [-0.25, -0.2) is 4.39 Å². The van der Waals surface area contributed by atoms with Crippen LogP contribution in [0.2, 0.25) is 5.02 Å². The third kappa shape index (κ3) is 5.85. The van der Waals surface area contributed by atoms with Crippen molar-refractivity contribution in [1.29, 1.82) is 0 Å². The zero-order chi connectivity index (χ0) is 24.0. The van der Waals surface area contributed by atoms with E-state index in [1.165, 1.54) is 29.0 Å². The molecule has 1 amide bonds. The first-order valence-corrected chi connectivity index (χ1v) is 10.5. The Morgan fingerprint density at radius 2 is 1.97 bits per heavy atom. The second-order valence-corrected chi connectivity index (χ2v) is 7.88.